The first kappa shape index (κ1) is 23.1. The predicted octanol–water partition coefficient (Wildman–Crippen LogP) is 1.56. The zero-order valence-electron chi connectivity index (χ0n) is 17.2. The van der Waals surface area contributed by atoms with E-state index in [4.69, 9.17) is 26.5 Å². The lowest BCUT2D eigenvalue weighted by atomic mass is 10.0. The number of primary amides is 1. The highest BCUT2D eigenvalue weighted by molar-refractivity contribution is 6.31. The fourth-order valence-electron chi connectivity index (χ4n) is 3.34. The van der Waals surface area contributed by atoms with Crippen LogP contribution in [0, 0.1) is 0 Å². The summed E-state index contributed by atoms with van der Waals surface area (Å²) in [7, 11) is 0. The van der Waals surface area contributed by atoms with Crippen LogP contribution in [-0.4, -0.2) is 66.4 Å². The Hall–Kier alpha value is -3.53. The zero-order valence-corrected chi connectivity index (χ0v) is 17.9. The molecule has 1 aliphatic heterocycles. The van der Waals surface area contributed by atoms with Gasteiger partial charge in [0.15, 0.2) is 12.4 Å². The summed E-state index contributed by atoms with van der Waals surface area (Å²) in [5, 5.41) is 2.82. The van der Waals surface area contributed by atoms with Crippen molar-refractivity contribution in [2.24, 2.45) is 5.73 Å². The SMILES string of the molecule is NC(=O)NC(CC(=O)OCC(=O)N1CCN(C(=O)c2ccco2)CC1)c1ccccc1Cl. The van der Waals surface area contributed by atoms with E-state index in [0.29, 0.717) is 36.8 Å². The van der Waals surface area contributed by atoms with Crippen molar-refractivity contribution in [2.75, 3.05) is 32.8 Å². The number of hydrogen-bond acceptors (Lipinski definition) is 6. The van der Waals surface area contributed by atoms with E-state index >= 15 is 0 Å². The van der Waals surface area contributed by atoms with E-state index in [1.807, 2.05) is 0 Å². The topological polar surface area (TPSA) is 135 Å². The Bertz CT molecular complexity index is 972. The minimum Gasteiger partial charge on any atom is -0.459 e. The van der Waals surface area contributed by atoms with Crippen LogP contribution < -0.4 is 11.1 Å². The summed E-state index contributed by atoms with van der Waals surface area (Å²) < 4.78 is 10.2. The fourth-order valence-corrected chi connectivity index (χ4v) is 3.61. The predicted molar refractivity (Wildman–Crippen MR) is 114 cm³/mol. The standard InChI is InChI=1S/C21H23ClN4O6/c22-15-5-2-1-4-14(15)16(24-21(23)30)12-19(28)32-13-18(27)25-7-9-26(10-8-25)20(29)17-6-3-11-31-17/h1-6,11,16H,7-10,12-13H2,(H3,23,24,30). The number of rotatable bonds is 7. The number of urea groups is 1. The van der Waals surface area contributed by atoms with E-state index in [1.54, 1.807) is 41.3 Å². The monoisotopic (exact) mass is 462 g/mol. The van der Waals surface area contributed by atoms with Crippen LogP contribution in [0.3, 0.4) is 0 Å². The van der Waals surface area contributed by atoms with Crippen molar-refractivity contribution in [3.8, 4) is 0 Å². The number of hydrogen-bond donors (Lipinski definition) is 2. The van der Waals surface area contributed by atoms with Gasteiger partial charge in [-0.25, -0.2) is 4.79 Å². The van der Waals surface area contributed by atoms with Gasteiger partial charge in [-0.15, -0.1) is 0 Å². The Morgan fingerprint density at radius 2 is 1.75 bits per heavy atom. The molecule has 10 nitrogen and oxygen atoms in total. The van der Waals surface area contributed by atoms with Crippen molar-refractivity contribution < 1.29 is 28.3 Å². The number of amides is 4. The summed E-state index contributed by atoms with van der Waals surface area (Å²) in [6.45, 7) is 0.867. The molecule has 11 heteroatoms. The molecular formula is C21H23ClN4O6. The average Bonchev–Trinajstić information content (AvgIpc) is 3.31. The molecule has 1 aromatic heterocycles. The lowest BCUT2D eigenvalue weighted by Gasteiger charge is -2.34. The second-order valence-electron chi connectivity index (χ2n) is 7.10. The van der Waals surface area contributed by atoms with E-state index in [1.165, 1.54) is 11.2 Å². The number of nitrogens with one attached hydrogen (secondary N) is 1. The number of carbonyl (C=O) groups excluding carboxylic acids is 4. The molecule has 0 radical (unpaired) electrons. The second kappa shape index (κ2) is 10.7. The van der Waals surface area contributed by atoms with Crippen LogP contribution >= 0.6 is 11.6 Å². The second-order valence-corrected chi connectivity index (χ2v) is 7.50. The molecule has 1 aliphatic rings. The number of piperazine rings is 1. The maximum absolute atomic E-state index is 12.4. The lowest BCUT2D eigenvalue weighted by molar-refractivity contribution is -0.153. The van der Waals surface area contributed by atoms with Gasteiger partial charge in [0.25, 0.3) is 11.8 Å². The lowest BCUT2D eigenvalue weighted by Crippen LogP contribution is -2.51. The molecule has 3 N–H and O–H groups in total. The Labute approximate surface area is 189 Å². The van der Waals surface area contributed by atoms with Crippen LogP contribution in [0.4, 0.5) is 4.79 Å². The molecule has 0 saturated carbocycles. The van der Waals surface area contributed by atoms with Gasteiger partial charge in [-0.3, -0.25) is 14.4 Å². The number of esters is 1. The summed E-state index contributed by atoms with van der Waals surface area (Å²) >= 11 is 6.14. The molecule has 0 aliphatic carbocycles. The number of halogens is 1. The maximum atomic E-state index is 12.4. The molecule has 1 saturated heterocycles. The minimum atomic E-state index is -0.819. The van der Waals surface area contributed by atoms with Gasteiger partial charge in [0.1, 0.15) is 0 Å². The van der Waals surface area contributed by atoms with Gasteiger partial charge in [0.05, 0.1) is 18.7 Å². The van der Waals surface area contributed by atoms with Crippen LogP contribution in [0.25, 0.3) is 0 Å². The number of benzene rings is 1. The van der Waals surface area contributed by atoms with Crippen LogP contribution in [0.1, 0.15) is 28.6 Å². The third kappa shape index (κ3) is 6.01. The third-order valence-corrected chi connectivity index (χ3v) is 5.32. The molecule has 32 heavy (non-hydrogen) atoms. The highest BCUT2D eigenvalue weighted by Crippen LogP contribution is 2.25. The van der Waals surface area contributed by atoms with E-state index in [2.05, 4.69) is 5.32 Å². The van der Waals surface area contributed by atoms with Gasteiger partial charge in [0.2, 0.25) is 0 Å². The highest BCUT2D eigenvalue weighted by atomic mass is 35.5. The molecule has 1 aromatic carbocycles. The van der Waals surface area contributed by atoms with Crippen molar-refractivity contribution in [3.63, 3.8) is 0 Å². The molecule has 4 amide bonds. The van der Waals surface area contributed by atoms with Crippen molar-refractivity contribution in [1.29, 1.82) is 0 Å². The smallest absolute Gasteiger partial charge is 0.312 e. The first-order valence-corrected chi connectivity index (χ1v) is 10.3. The van der Waals surface area contributed by atoms with Crippen LogP contribution in [-0.2, 0) is 14.3 Å². The molecule has 1 fully saturated rings. The Morgan fingerprint density at radius 3 is 2.38 bits per heavy atom. The molecule has 2 aromatic rings. The number of nitrogens with zero attached hydrogens (tertiary/aromatic N) is 2. The van der Waals surface area contributed by atoms with E-state index in [9.17, 15) is 19.2 Å². The number of furan rings is 1. The number of ether oxygens (including phenoxy) is 1. The van der Waals surface area contributed by atoms with Gasteiger partial charge in [-0.2, -0.15) is 0 Å². The van der Waals surface area contributed by atoms with Gasteiger partial charge < -0.3 is 30.0 Å². The Morgan fingerprint density at radius 1 is 1.06 bits per heavy atom. The number of carbonyl (C=O) groups is 4. The molecule has 2 heterocycles. The van der Waals surface area contributed by atoms with Gasteiger partial charge >= 0.3 is 12.0 Å². The molecule has 0 bridgehead atoms. The van der Waals surface area contributed by atoms with Crippen LogP contribution in [0.2, 0.25) is 5.02 Å². The van der Waals surface area contributed by atoms with E-state index < -0.39 is 24.6 Å². The van der Waals surface area contributed by atoms with E-state index in [0.717, 1.165) is 0 Å². The average molecular weight is 463 g/mol. The summed E-state index contributed by atoms with van der Waals surface area (Å²) in [4.78, 5) is 51.4. The quantitative estimate of drug-likeness (QED) is 0.599. The largest absolute Gasteiger partial charge is 0.459 e. The molecule has 0 spiro atoms. The van der Waals surface area contributed by atoms with Crippen molar-refractivity contribution in [2.45, 2.75) is 12.5 Å². The highest BCUT2D eigenvalue weighted by Gasteiger charge is 2.27. The van der Waals surface area contributed by atoms with Crippen LogP contribution in [0.5, 0.6) is 0 Å². The molecule has 3 rings (SSSR count). The fraction of sp³-hybridized carbons (Fsp3) is 0.333. The summed E-state index contributed by atoms with van der Waals surface area (Å²) in [5.41, 5.74) is 5.71. The molecule has 170 valence electrons. The van der Waals surface area contributed by atoms with Crippen molar-refractivity contribution in [1.82, 2.24) is 15.1 Å². The maximum Gasteiger partial charge on any atom is 0.312 e. The molecular weight excluding hydrogens is 440 g/mol. The normalized spacial score (nSPS) is 14.5. The minimum absolute atomic E-state index is 0.235. The summed E-state index contributed by atoms with van der Waals surface area (Å²) in [6, 6.07) is 8.32. The zero-order chi connectivity index (χ0) is 23.1. The van der Waals surface area contributed by atoms with Crippen LogP contribution in [0.15, 0.2) is 47.1 Å². The summed E-state index contributed by atoms with van der Waals surface area (Å²) in [6.07, 6.45) is 1.18. The van der Waals surface area contributed by atoms with Gasteiger partial charge in [0, 0.05) is 31.2 Å². The van der Waals surface area contributed by atoms with Crippen molar-refractivity contribution >= 4 is 35.4 Å². The van der Waals surface area contributed by atoms with Gasteiger partial charge in [-0.1, -0.05) is 29.8 Å². The third-order valence-electron chi connectivity index (χ3n) is 4.98. The molecule has 1 unspecified atom stereocenters. The number of nitrogens with two attached hydrogens (primary N) is 1. The first-order valence-electron chi connectivity index (χ1n) is 9.91. The first-order chi connectivity index (χ1) is 15.3. The Kier molecular flexibility index (Phi) is 7.72. The summed E-state index contributed by atoms with van der Waals surface area (Å²) in [5.74, 6) is -1.05. The van der Waals surface area contributed by atoms with Gasteiger partial charge in [-0.05, 0) is 23.8 Å². The Balaban J connectivity index is 1.48. The molecule has 1 atom stereocenters. The van der Waals surface area contributed by atoms with E-state index in [-0.39, 0.29) is 24.0 Å². The van der Waals surface area contributed by atoms with Crippen molar-refractivity contribution in [3.05, 3.63) is 59.0 Å².